The van der Waals surface area contributed by atoms with Gasteiger partial charge < -0.3 is 9.72 Å². The van der Waals surface area contributed by atoms with Crippen LogP contribution in [0.3, 0.4) is 0 Å². The van der Waals surface area contributed by atoms with Gasteiger partial charge in [0.2, 0.25) is 0 Å². The van der Waals surface area contributed by atoms with Crippen LogP contribution in [0.25, 0.3) is 5.69 Å². The summed E-state index contributed by atoms with van der Waals surface area (Å²) in [4.78, 5) is 7.21. The molecule has 1 aliphatic carbocycles. The Morgan fingerprint density at radius 1 is 1.14 bits per heavy atom. The highest BCUT2D eigenvalue weighted by molar-refractivity contribution is 5.39. The summed E-state index contributed by atoms with van der Waals surface area (Å²) in [5.74, 6) is 0.846. The van der Waals surface area contributed by atoms with E-state index >= 15 is 0 Å². The molecule has 22 heavy (non-hydrogen) atoms. The monoisotopic (exact) mass is 294 g/mol. The zero-order valence-electron chi connectivity index (χ0n) is 12.3. The molecule has 5 heteroatoms. The predicted octanol–water partition coefficient (Wildman–Crippen LogP) is 2.80. The van der Waals surface area contributed by atoms with Crippen molar-refractivity contribution in [2.45, 2.75) is 32.5 Å². The van der Waals surface area contributed by atoms with Crippen LogP contribution in [0.5, 0.6) is 0 Å². The van der Waals surface area contributed by atoms with Crippen LogP contribution < -0.4 is 0 Å². The van der Waals surface area contributed by atoms with Gasteiger partial charge >= 0.3 is 0 Å². The SMILES string of the molecule is c1ccc(-n2nc(COCc3ncc[nH]3)c3c2CCC3)cc1. The largest absolute Gasteiger partial charge is 0.367 e. The molecule has 2 heterocycles. The van der Waals surface area contributed by atoms with E-state index in [1.807, 2.05) is 18.2 Å². The Morgan fingerprint density at radius 3 is 2.86 bits per heavy atom. The Balaban J connectivity index is 1.55. The minimum atomic E-state index is 0.486. The molecule has 0 atom stereocenters. The third-order valence-electron chi connectivity index (χ3n) is 4.05. The number of hydrogen-bond donors (Lipinski definition) is 1. The predicted molar refractivity (Wildman–Crippen MR) is 82.7 cm³/mol. The summed E-state index contributed by atoms with van der Waals surface area (Å²) in [5, 5.41) is 4.78. The fraction of sp³-hybridized carbons (Fsp3) is 0.294. The summed E-state index contributed by atoms with van der Waals surface area (Å²) in [6.07, 6.45) is 6.93. The van der Waals surface area contributed by atoms with Gasteiger partial charge in [0.25, 0.3) is 0 Å². The molecule has 0 spiro atoms. The van der Waals surface area contributed by atoms with E-state index in [-0.39, 0.29) is 0 Å². The molecule has 0 unspecified atom stereocenters. The lowest BCUT2D eigenvalue weighted by molar-refractivity contribution is 0.0989. The minimum absolute atomic E-state index is 0.486. The number of rotatable bonds is 5. The molecular formula is C17H18N4O. The number of aromatic nitrogens is 4. The van der Waals surface area contributed by atoms with E-state index in [4.69, 9.17) is 9.84 Å². The number of nitrogens with one attached hydrogen (secondary N) is 1. The molecule has 0 bridgehead atoms. The topological polar surface area (TPSA) is 55.7 Å². The molecule has 1 N–H and O–H groups in total. The molecule has 0 aliphatic heterocycles. The maximum Gasteiger partial charge on any atom is 0.132 e. The minimum Gasteiger partial charge on any atom is -0.367 e. The molecule has 3 aromatic rings. The molecule has 0 amide bonds. The van der Waals surface area contributed by atoms with Crippen molar-refractivity contribution in [3.63, 3.8) is 0 Å². The van der Waals surface area contributed by atoms with Gasteiger partial charge in [-0.15, -0.1) is 0 Å². The number of fused-ring (bicyclic) bond motifs is 1. The Morgan fingerprint density at radius 2 is 2.05 bits per heavy atom. The number of aromatic amines is 1. The summed E-state index contributed by atoms with van der Waals surface area (Å²) in [6.45, 7) is 1.02. The van der Waals surface area contributed by atoms with Gasteiger partial charge in [0.15, 0.2) is 0 Å². The van der Waals surface area contributed by atoms with Gasteiger partial charge in [-0.2, -0.15) is 5.10 Å². The molecule has 4 rings (SSSR count). The van der Waals surface area contributed by atoms with Gasteiger partial charge in [-0.1, -0.05) is 18.2 Å². The van der Waals surface area contributed by atoms with E-state index in [0.717, 1.165) is 30.0 Å². The molecular weight excluding hydrogens is 276 g/mol. The second-order valence-corrected chi connectivity index (χ2v) is 5.50. The Hall–Kier alpha value is -2.40. The van der Waals surface area contributed by atoms with E-state index in [0.29, 0.717) is 13.2 Å². The average Bonchev–Trinajstić information content (AvgIpc) is 3.26. The van der Waals surface area contributed by atoms with Crippen LogP contribution >= 0.6 is 0 Å². The first-order chi connectivity index (χ1) is 10.9. The maximum absolute atomic E-state index is 5.77. The number of H-pyrrole nitrogens is 1. The third kappa shape index (κ3) is 2.44. The van der Waals surface area contributed by atoms with Gasteiger partial charge in [0, 0.05) is 18.1 Å². The number of benzene rings is 1. The van der Waals surface area contributed by atoms with Gasteiger partial charge in [0.05, 0.1) is 18.0 Å². The lowest BCUT2D eigenvalue weighted by Gasteiger charge is -2.04. The van der Waals surface area contributed by atoms with Crippen LogP contribution in [0, 0.1) is 0 Å². The fourth-order valence-electron chi connectivity index (χ4n) is 3.03. The van der Waals surface area contributed by atoms with Crippen LogP contribution in [0.1, 0.15) is 29.2 Å². The lowest BCUT2D eigenvalue weighted by atomic mass is 10.2. The summed E-state index contributed by atoms with van der Waals surface area (Å²) in [7, 11) is 0. The van der Waals surface area contributed by atoms with Gasteiger partial charge in [-0.05, 0) is 37.0 Å². The molecule has 0 radical (unpaired) electrons. The number of para-hydroxylation sites is 1. The smallest absolute Gasteiger partial charge is 0.132 e. The van der Waals surface area contributed by atoms with Crippen LogP contribution in [-0.2, 0) is 30.8 Å². The average molecular weight is 294 g/mol. The Kier molecular flexibility index (Phi) is 3.48. The molecule has 2 aromatic heterocycles. The van der Waals surface area contributed by atoms with E-state index in [1.165, 1.54) is 17.7 Å². The van der Waals surface area contributed by atoms with Gasteiger partial charge in [-0.25, -0.2) is 9.67 Å². The molecule has 5 nitrogen and oxygen atoms in total. The van der Waals surface area contributed by atoms with Gasteiger partial charge in [0.1, 0.15) is 12.4 Å². The zero-order valence-corrected chi connectivity index (χ0v) is 12.3. The van der Waals surface area contributed by atoms with E-state index in [2.05, 4.69) is 26.8 Å². The second kappa shape index (κ2) is 5.77. The maximum atomic E-state index is 5.77. The van der Waals surface area contributed by atoms with Crippen LogP contribution in [0.2, 0.25) is 0 Å². The number of hydrogen-bond acceptors (Lipinski definition) is 3. The van der Waals surface area contributed by atoms with Crippen LogP contribution in [-0.4, -0.2) is 19.7 Å². The van der Waals surface area contributed by atoms with Crippen molar-refractivity contribution in [2.24, 2.45) is 0 Å². The quantitative estimate of drug-likeness (QED) is 0.787. The summed E-state index contributed by atoms with van der Waals surface area (Å²) in [6, 6.07) is 10.3. The van der Waals surface area contributed by atoms with Crippen molar-refractivity contribution in [1.29, 1.82) is 0 Å². The fourth-order valence-corrected chi connectivity index (χ4v) is 3.03. The van der Waals surface area contributed by atoms with Crippen molar-refractivity contribution in [1.82, 2.24) is 19.7 Å². The molecule has 0 saturated carbocycles. The molecule has 0 fully saturated rings. The first-order valence-corrected chi connectivity index (χ1v) is 7.63. The van der Waals surface area contributed by atoms with Crippen molar-refractivity contribution in [3.05, 3.63) is 65.5 Å². The number of imidazole rings is 1. The van der Waals surface area contributed by atoms with Crippen molar-refractivity contribution in [2.75, 3.05) is 0 Å². The van der Waals surface area contributed by atoms with E-state index in [9.17, 15) is 0 Å². The Labute approximate surface area is 129 Å². The molecule has 1 aromatic carbocycles. The summed E-state index contributed by atoms with van der Waals surface area (Å²) in [5.41, 5.74) is 4.88. The highest BCUT2D eigenvalue weighted by Crippen LogP contribution is 2.28. The normalized spacial score (nSPS) is 13.5. The van der Waals surface area contributed by atoms with Gasteiger partial charge in [-0.3, -0.25) is 0 Å². The molecule has 112 valence electrons. The highest BCUT2D eigenvalue weighted by atomic mass is 16.5. The number of nitrogens with zero attached hydrogens (tertiary/aromatic N) is 3. The highest BCUT2D eigenvalue weighted by Gasteiger charge is 2.23. The zero-order chi connectivity index (χ0) is 14.8. The van der Waals surface area contributed by atoms with Crippen molar-refractivity contribution < 1.29 is 4.74 Å². The third-order valence-corrected chi connectivity index (χ3v) is 4.05. The van der Waals surface area contributed by atoms with Crippen LogP contribution in [0.4, 0.5) is 0 Å². The van der Waals surface area contributed by atoms with Crippen molar-refractivity contribution in [3.8, 4) is 5.69 Å². The summed E-state index contributed by atoms with van der Waals surface area (Å²) < 4.78 is 7.85. The first-order valence-electron chi connectivity index (χ1n) is 7.63. The number of ether oxygens (including phenoxy) is 1. The van der Waals surface area contributed by atoms with E-state index < -0.39 is 0 Å². The van der Waals surface area contributed by atoms with E-state index in [1.54, 1.807) is 12.4 Å². The second-order valence-electron chi connectivity index (χ2n) is 5.50. The summed E-state index contributed by atoms with van der Waals surface area (Å²) >= 11 is 0. The Bertz CT molecular complexity index is 747. The lowest BCUT2D eigenvalue weighted by Crippen LogP contribution is -2.02. The molecule has 1 aliphatic rings. The van der Waals surface area contributed by atoms with Crippen LogP contribution in [0.15, 0.2) is 42.7 Å². The van der Waals surface area contributed by atoms with Crippen molar-refractivity contribution >= 4 is 0 Å². The standard InChI is InChI=1S/C17H18N4O/c1-2-5-13(6-3-1)21-16-8-4-7-14(16)15(20-21)11-22-12-17-18-9-10-19-17/h1-3,5-6,9-10H,4,7-8,11-12H2,(H,18,19). The molecule has 0 saturated heterocycles. The first kappa shape index (κ1) is 13.3.